The topological polar surface area (TPSA) is 113 Å². The smallest absolute Gasteiger partial charge is 0.326 e. The molecule has 0 spiro atoms. The molecule has 0 aromatic carbocycles. The molecule has 0 radical (unpaired) electrons. The first kappa shape index (κ1) is 17.8. The Morgan fingerprint density at radius 1 is 1.16 bits per heavy atom. The van der Waals surface area contributed by atoms with Crippen molar-refractivity contribution in [3.63, 3.8) is 0 Å². The maximum Gasteiger partial charge on any atom is 0.326 e. The molecule has 25 heavy (non-hydrogen) atoms. The van der Waals surface area contributed by atoms with Gasteiger partial charge in [-0.25, -0.2) is 4.79 Å². The standard InChI is InChI=1S/C17H24N2O6/c1-7(2)6-9(17(23)24)18-14(20)8(3)19-15(21)12-10-4-5-11(25-10)13(12)16(19)22/h7-13H,4-6H2,1-3H3,(H,18,20)(H,23,24)/t8?,9-,10?,11?,12?,13?/m1/s1. The Bertz CT molecular complexity index is 590. The van der Waals surface area contributed by atoms with Crippen LogP contribution in [0.3, 0.4) is 0 Å². The highest BCUT2D eigenvalue weighted by Gasteiger charge is 2.63. The average molecular weight is 352 g/mol. The number of imide groups is 1. The zero-order chi connectivity index (χ0) is 18.5. The summed E-state index contributed by atoms with van der Waals surface area (Å²) in [6.45, 7) is 5.18. The molecular formula is C17H24N2O6. The van der Waals surface area contributed by atoms with E-state index in [0.29, 0.717) is 0 Å². The van der Waals surface area contributed by atoms with Crippen LogP contribution in [-0.4, -0.2) is 58.0 Å². The maximum absolute atomic E-state index is 12.7. The number of amides is 3. The molecule has 2 N–H and O–H groups in total. The third-order valence-corrected chi connectivity index (χ3v) is 5.41. The second-order valence-electron chi connectivity index (χ2n) is 7.59. The van der Waals surface area contributed by atoms with Crippen molar-refractivity contribution in [2.24, 2.45) is 17.8 Å². The molecule has 0 saturated carbocycles. The van der Waals surface area contributed by atoms with E-state index in [9.17, 15) is 24.3 Å². The number of carboxylic acids is 1. The van der Waals surface area contributed by atoms with Crippen molar-refractivity contribution in [1.29, 1.82) is 0 Å². The molecule has 138 valence electrons. The van der Waals surface area contributed by atoms with Gasteiger partial charge in [0.25, 0.3) is 0 Å². The van der Waals surface area contributed by atoms with Crippen molar-refractivity contribution in [3.8, 4) is 0 Å². The van der Waals surface area contributed by atoms with Crippen LogP contribution in [-0.2, 0) is 23.9 Å². The lowest BCUT2D eigenvalue weighted by molar-refractivity contribution is -0.150. The molecule has 8 heteroatoms. The van der Waals surface area contributed by atoms with Crippen LogP contribution in [0.1, 0.15) is 40.0 Å². The number of aliphatic carboxylic acids is 1. The normalized spacial score (nSPS) is 32.9. The van der Waals surface area contributed by atoms with Crippen molar-refractivity contribution in [2.45, 2.75) is 64.3 Å². The summed E-state index contributed by atoms with van der Waals surface area (Å²) < 4.78 is 5.66. The third-order valence-electron chi connectivity index (χ3n) is 5.41. The molecule has 3 fully saturated rings. The number of rotatable bonds is 6. The number of fused-ring (bicyclic) bond motifs is 5. The van der Waals surface area contributed by atoms with Gasteiger partial charge in [-0.05, 0) is 32.1 Å². The van der Waals surface area contributed by atoms with Crippen molar-refractivity contribution in [3.05, 3.63) is 0 Å². The predicted molar refractivity (Wildman–Crippen MR) is 85.2 cm³/mol. The van der Waals surface area contributed by atoms with E-state index in [1.165, 1.54) is 6.92 Å². The summed E-state index contributed by atoms with van der Waals surface area (Å²) in [6.07, 6.45) is 1.32. The van der Waals surface area contributed by atoms with Gasteiger partial charge in [0.1, 0.15) is 12.1 Å². The summed E-state index contributed by atoms with van der Waals surface area (Å²) in [6, 6.07) is -2.07. The van der Waals surface area contributed by atoms with E-state index in [1.54, 1.807) is 0 Å². The fraction of sp³-hybridized carbons (Fsp3) is 0.765. The highest BCUT2D eigenvalue weighted by molar-refractivity contribution is 6.09. The molecule has 3 rings (SSSR count). The number of likely N-dealkylation sites (tertiary alicyclic amines) is 1. The molecule has 0 aromatic rings. The minimum Gasteiger partial charge on any atom is -0.480 e. The molecule has 0 aromatic heterocycles. The van der Waals surface area contributed by atoms with Crippen LogP contribution in [0.5, 0.6) is 0 Å². The van der Waals surface area contributed by atoms with Crippen LogP contribution < -0.4 is 5.32 Å². The highest BCUT2D eigenvalue weighted by atomic mass is 16.5. The quantitative estimate of drug-likeness (QED) is 0.658. The van der Waals surface area contributed by atoms with Crippen LogP contribution in [0, 0.1) is 17.8 Å². The minimum absolute atomic E-state index is 0.0823. The van der Waals surface area contributed by atoms with E-state index < -0.39 is 35.8 Å². The SMILES string of the molecule is CC(C)C[C@@H](NC(=O)C(C)N1C(=O)C2C3CCC(O3)C2C1=O)C(=O)O. The Morgan fingerprint density at radius 2 is 1.68 bits per heavy atom. The Labute approximate surface area is 145 Å². The number of hydrogen-bond donors (Lipinski definition) is 2. The lowest BCUT2D eigenvalue weighted by atomic mass is 9.81. The van der Waals surface area contributed by atoms with E-state index >= 15 is 0 Å². The van der Waals surface area contributed by atoms with Gasteiger partial charge in [0.05, 0.1) is 24.0 Å². The first-order chi connectivity index (χ1) is 11.7. The molecule has 3 saturated heterocycles. The number of ether oxygens (including phenoxy) is 1. The number of carbonyl (C=O) groups is 4. The van der Waals surface area contributed by atoms with Crippen LogP contribution in [0.4, 0.5) is 0 Å². The monoisotopic (exact) mass is 352 g/mol. The van der Waals surface area contributed by atoms with Crippen molar-refractivity contribution in [1.82, 2.24) is 10.2 Å². The highest BCUT2D eigenvalue weighted by Crippen LogP contribution is 2.48. The Morgan fingerprint density at radius 3 is 2.12 bits per heavy atom. The summed E-state index contributed by atoms with van der Waals surface area (Å²) in [7, 11) is 0. The van der Waals surface area contributed by atoms with Gasteiger partial charge < -0.3 is 15.2 Å². The largest absolute Gasteiger partial charge is 0.480 e. The molecule has 2 bridgehead atoms. The van der Waals surface area contributed by atoms with Crippen LogP contribution in [0.25, 0.3) is 0 Å². The van der Waals surface area contributed by atoms with E-state index in [0.717, 1.165) is 17.7 Å². The first-order valence-electron chi connectivity index (χ1n) is 8.78. The number of nitrogens with zero attached hydrogens (tertiary/aromatic N) is 1. The number of carboxylic acid groups (broad SMARTS) is 1. The Kier molecular flexibility index (Phi) is 4.57. The van der Waals surface area contributed by atoms with Crippen molar-refractivity contribution < 1.29 is 29.0 Å². The van der Waals surface area contributed by atoms with Gasteiger partial charge in [-0.15, -0.1) is 0 Å². The van der Waals surface area contributed by atoms with Crippen molar-refractivity contribution >= 4 is 23.7 Å². The molecule has 6 atom stereocenters. The summed E-state index contributed by atoms with van der Waals surface area (Å²) >= 11 is 0. The molecule has 0 aliphatic carbocycles. The van der Waals surface area contributed by atoms with Gasteiger partial charge >= 0.3 is 5.97 Å². The van der Waals surface area contributed by atoms with E-state index in [2.05, 4.69) is 5.32 Å². The Balaban J connectivity index is 1.71. The summed E-state index contributed by atoms with van der Waals surface area (Å²) in [5.74, 6) is -3.40. The molecular weight excluding hydrogens is 328 g/mol. The second-order valence-corrected chi connectivity index (χ2v) is 7.59. The van der Waals surface area contributed by atoms with Gasteiger partial charge in [0, 0.05) is 0 Å². The molecule has 3 aliphatic rings. The summed E-state index contributed by atoms with van der Waals surface area (Å²) in [4.78, 5) is 50.1. The molecule has 5 unspecified atom stereocenters. The molecule has 3 aliphatic heterocycles. The predicted octanol–water partition coefficient (Wildman–Crippen LogP) is 0.153. The summed E-state index contributed by atoms with van der Waals surface area (Å²) in [5, 5.41) is 11.7. The van der Waals surface area contributed by atoms with E-state index in [-0.39, 0.29) is 36.4 Å². The van der Waals surface area contributed by atoms with Gasteiger partial charge in [0.15, 0.2) is 0 Å². The van der Waals surface area contributed by atoms with Gasteiger partial charge in [-0.2, -0.15) is 0 Å². The fourth-order valence-corrected chi connectivity index (χ4v) is 4.22. The zero-order valence-electron chi connectivity index (χ0n) is 14.6. The lowest BCUT2D eigenvalue weighted by Gasteiger charge is -2.25. The first-order valence-corrected chi connectivity index (χ1v) is 8.78. The van der Waals surface area contributed by atoms with Crippen LogP contribution in [0.15, 0.2) is 0 Å². The van der Waals surface area contributed by atoms with Crippen LogP contribution >= 0.6 is 0 Å². The third kappa shape index (κ3) is 2.92. The van der Waals surface area contributed by atoms with E-state index in [1.807, 2.05) is 13.8 Å². The molecule has 8 nitrogen and oxygen atoms in total. The molecule has 3 amide bonds. The second kappa shape index (κ2) is 6.40. The van der Waals surface area contributed by atoms with E-state index in [4.69, 9.17) is 4.74 Å². The average Bonchev–Trinajstić information content (AvgIpc) is 3.19. The van der Waals surface area contributed by atoms with Crippen molar-refractivity contribution in [2.75, 3.05) is 0 Å². The zero-order valence-corrected chi connectivity index (χ0v) is 14.6. The number of hydrogen-bond acceptors (Lipinski definition) is 5. The lowest BCUT2D eigenvalue weighted by Crippen LogP contribution is -2.53. The molecule has 3 heterocycles. The van der Waals surface area contributed by atoms with Gasteiger partial charge in [0.2, 0.25) is 17.7 Å². The van der Waals surface area contributed by atoms with Crippen LogP contribution in [0.2, 0.25) is 0 Å². The Hall–Kier alpha value is -1.96. The summed E-state index contributed by atoms with van der Waals surface area (Å²) in [5.41, 5.74) is 0. The fourth-order valence-electron chi connectivity index (χ4n) is 4.22. The maximum atomic E-state index is 12.7. The number of nitrogens with one attached hydrogen (secondary N) is 1. The number of carbonyl (C=O) groups excluding carboxylic acids is 3. The van der Waals surface area contributed by atoms with Gasteiger partial charge in [-0.3, -0.25) is 19.3 Å². The minimum atomic E-state index is -1.13. The van der Waals surface area contributed by atoms with Gasteiger partial charge in [-0.1, -0.05) is 13.8 Å².